The molecule has 2 aromatic rings. The number of nitrogen functional groups attached to an aromatic ring is 1. The minimum Gasteiger partial charge on any atom is -0.382 e. The van der Waals surface area contributed by atoms with Gasteiger partial charge in [0.15, 0.2) is 0 Å². The van der Waals surface area contributed by atoms with Gasteiger partial charge in [0.25, 0.3) is 0 Å². The van der Waals surface area contributed by atoms with Crippen molar-refractivity contribution in [3.05, 3.63) is 41.2 Å². The van der Waals surface area contributed by atoms with Gasteiger partial charge in [-0.05, 0) is 23.1 Å². The highest BCUT2D eigenvalue weighted by molar-refractivity contribution is 7.99. The summed E-state index contributed by atoms with van der Waals surface area (Å²) in [5, 5.41) is 1.09. The number of rotatable bonds is 2. The molecule has 0 aliphatic heterocycles. The normalized spacial score (nSPS) is 11.6. The van der Waals surface area contributed by atoms with Crippen molar-refractivity contribution in [3.63, 3.8) is 0 Å². The second kappa shape index (κ2) is 5.39. The maximum absolute atomic E-state index is 6.08. The molecule has 1 heterocycles. The first-order valence-electron chi connectivity index (χ1n) is 5.92. The van der Waals surface area contributed by atoms with Crippen molar-refractivity contribution in [3.8, 4) is 0 Å². The first kappa shape index (κ1) is 14.2. The number of nitrogens with zero attached hydrogens (tertiary/aromatic N) is 2. The highest BCUT2D eigenvalue weighted by Gasteiger charge is 2.13. The summed E-state index contributed by atoms with van der Waals surface area (Å²) in [7, 11) is 0. The number of halogens is 1. The third-order valence-electron chi connectivity index (χ3n) is 2.72. The molecule has 0 saturated carbocycles. The van der Waals surface area contributed by atoms with Crippen LogP contribution in [0.5, 0.6) is 0 Å². The molecular formula is C14H16ClN3S. The van der Waals surface area contributed by atoms with E-state index in [1.54, 1.807) is 0 Å². The van der Waals surface area contributed by atoms with Crippen LogP contribution in [0.3, 0.4) is 0 Å². The number of benzene rings is 1. The van der Waals surface area contributed by atoms with E-state index in [-0.39, 0.29) is 5.41 Å². The zero-order chi connectivity index (χ0) is 14.0. The molecule has 0 spiro atoms. The first-order valence-corrected chi connectivity index (χ1v) is 7.12. The number of hydrogen-bond acceptors (Lipinski definition) is 4. The van der Waals surface area contributed by atoms with Gasteiger partial charge in [0, 0.05) is 4.90 Å². The van der Waals surface area contributed by atoms with E-state index in [9.17, 15) is 0 Å². The molecule has 1 aromatic carbocycles. The van der Waals surface area contributed by atoms with E-state index in [0.717, 1.165) is 4.90 Å². The highest BCUT2D eigenvalue weighted by atomic mass is 35.5. The van der Waals surface area contributed by atoms with Crippen LogP contribution in [0.25, 0.3) is 0 Å². The van der Waals surface area contributed by atoms with E-state index in [1.807, 2.05) is 0 Å². The number of aromatic nitrogens is 2. The Hall–Kier alpha value is -1.26. The lowest BCUT2D eigenvalue weighted by Gasteiger charge is -2.19. The molecule has 0 aliphatic rings. The van der Waals surface area contributed by atoms with Crippen LogP contribution in [0.2, 0.25) is 5.02 Å². The Labute approximate surface area is 122 Å². The molecule has 5 heteroatoms. The van der Waals surface area contributed by atoms with Gasteiger partial charge in [-0.25, -0.2) is 9.97 Å². The molecule has 1 aromatic heterocycles. The second-order valence-corrected chi connectivity index (χ2v) is 6.69. The second-order valence-electron chi connectivity index (χ2n) is 5.25. The summed E-state index contributed by atoms with van der Waals surface area (Å²) in [4.78, 5) is 9.07. The number of hydrogen-bond donors (Lipinski definition) is 1. The quantitative estimate of drug-likeness (QED) is 0.845. The lowest BCUT2D eigenvalue weighted by molar-refractivity contribution is 0.590. The van der Waals surface area contributed by atoms with Crippen LogP contribution in [0.15, 0.2) is 40.5 Å². The molecule has 3 nitrogen and oxygen atoms in total. The zero-order valence-corrected chi connectivity index (χ0v) is 12.7. The van der Waals surface area contributed by atoms with Crippen molar-refractivity contribution < 1.29 is 0 Å². The summed E-state index contributed by atoms with van der Waals surface area (Å²) in [5.41, 5.74) is 7.11. The predicted molar refractivity (Wildman–Crippen MR) is 80.7 cm³/mol. The smallest absolute Gasteiger partial charge is 0.146 e. The molecule has 0 atom stereocenters. The van der Waals surface area contributed by atoms with E-state index < -0.39 is 0 Å². The Morgan fingerprint density at radius 3 is 2.32 bits per heavy atom. The van der Waals surface area contributed by atoms with Crippen LogP contribution in [-0.2, 0) is 5.41 Å². The Morgan fingerprint density at radius 2 is 1.74 bits per heavy atom. The van der Waals surface area contributed by atoms with Crippen LogP contribution in [-0.4, -0.2) is 9.97 Å². The van der Waals surface area contributed by atoms with Gasteiger partial charge in [0.2, 0.25) is 0 Å². The van der Waals surface area contributed by atoms with Crippen molar-refractivity contribution in [2.24, 2.45) is 0 Å². The summed E-state index contributed by atoms with van der Waals surface area (Å²) >= 11 is 7.56. The molecule has 0 saturated heterocycles. The number of nitrogens with two attached hydrogens (primary N) is 1. The third-order valence-corrected chi connectivity index (χ3v) is 4.21. The molecular weight excluding hydrogens is 278 g/mol. The van der Waals surface area contributed by atoms with E-state index in [2.05, 4.69) is 55.0 Å². The molecule has 0 bridgehead atoms. The predicted octanol–water partition coefficient (Wildman–Crippen LogP) is 4.16. The van der Waals surface area contributed by atoms with Crippen LogP contribution < -0.4 is 5.73 Å². The summed E-state index contributed by atoms with van der Waals surface area (Å²) in [6, 6.07) is 8.39. The summed E-state index contributed by atoms with van der Waals surface area (Å²) in [6.45, 7) is 6.57. The Bertz CT molecular complexity index is 576. The van der Waals surface area contributed by atoms with E-state index in [1.165, 1.54) is 23.7 Å². The Balaban J connectivity index is 2.23. The maximum Gasteiger partial charge on any atom is 0.146 e. The maximum atomic E-state index is 6.08. The first-order chi connectivity index (χ1) is 8.88. The molecule has 100 valence electrons. The average Bonchev–Trinajstić information content (AvgIpc) is 2.35. The fraction of sp³-hybridized carbons (Fsp3) is 0.286. The largest absolute Gasteiger partial charge is 0.382 e. The Morgan fingerprint density at radius 1 is 1.11 bits per heavy atom. The van der Waals surface area contributed by atoms with Gasteiger partial charge in [-0.1, -0.05) is 56.3 Å². The fourth-order valence-corrected chi connectivity index (χ4v) is 2.57. The van der Waals surface area contributed by atoms with Gasteiger partial charge in [0.1, 0.15) is 22.2 Å². The van der Waals surface area contributed by atoms with Gasteiger partial charge in [0.05, 0.1) is 0 Å². The topological polar surface area (TPSA) is 51.8 Å². The lowest BCUT2D eigenvalue weighted by Crippen LogP contribution is -2.10. The fourth-order valence-electron chi connectivity index (χ4n) is 1.57. The summed E-state index contributed by atoms with van der Waals surface area (Å²) in [6.07, 6.45) is 1.42. The summed E-state index contributed by atoms with van der Waals surface area (Å²) < 4.78 is 0. The molecule has 0 fully saturated rings. The van der Waals surface area contributed by atoms with Gasteiger partial charge < -0.3 is 5.73 Å². The van der Waals surface area contributed by atoms with Crippen molar-refractivity contribution in [2.75, 3.05) is 5.73 Å². The van der Waals surface area contributed by atoms with Crippen LogP contribution in [0.1, 0.15) is 26.3 Å². The van der Waals surface area contributed by atoms with E-state index >= 15 is 0 Å². The number of anilines is 1. The van der Waals surface area contributed by atoms with Crippen molar-refractivity contribution in [1.82, 2.24) is 9.97 Å². The molecule has 0 amide bonds. The van der Waals surface area contributed by atoms with Crippen LogP contribution in [0, 0.1) is 0 Å². The molecule has 0 aliphatic carbocycles. The minimum atomic E-state index is 0.153. The average molecular weight is 294 g/mol. The molecule has 0 radical (unpaired) electrons. The SMILES string of the molecule is CC(C)(C)c1ccc(Sc2ncnc(N)c2Cl)cc1. The lowest BCUT2D eigenvalue weighted by atomic mass is 9.87. The van der Waals surface area contributed by atoms with Crippen molar-refractivity contribution in [2.45, 2.75) is 36.1 Å². The van der Waals surface area contributed by atoms with Crippen molar-refractivity contribution >= 4 is 29.2 Å². The van der Waals surface area contributed by atoms with Crippen LogP contribution >= 0.6 is 23.4 Å². The van der Waals surface area contributed by atoms with Crippen LogP contribution in [0.4, 0.5) is 5.82 Å². The molecule has 2 N–H and O–H groups in total. The van der Waals surface area contributed by atoms with Gasteiger partial charge >= 0.3 is 0 Å². The molecule has 19 heavy (non-hydrogen) atoms. The summed E-state index contributed by atoms with van der Waals surface area (Å²) in [5.74, 6) is 0.311. The van der Waals surface area contributed by atoms with Gasteiger partial charge in [-0.15, -0.1) is 0 Å². The van der Waals surface area contributed by atoms with Gasteiger partial charge in [-0.3, -0.25) is 0 Å². The molecule has 2 rings (SSSR count). The van der Waals surface area contributed by atoms with E-state index in [0.29, 0.717) is 15.9 Å². The highest BCUT2D eigenvalue weighted by Crippen LogP contribution is 2.34. The standard InChI is InChI=1S/C14H16ClN3S/c1-14(2,3)9-4-6-10(7-5-9)19-13-11(15)12(16)17-8-18-13/h4-8H,1-3H3,(H2,16,17,18). The molecule has 0 unspecified atom stereocenters. The van der Waals surface area contributed by atoms with Crippen molar-refractivity contribution in [1.29, 1.82) is 0 Å². The van der Waals surface area contributed by atoms with E-state index in [4.69, 9.17) is 17.3 Å². The minimum absolute atomic E-state index is 0.153. The van der Waals surface area contributed by atoms with Gasteiger partial charge in [-0.2, -0.15) is 0 Å². The monoisotopic (exact) mass is 293 g/mol. The third kappa shape index (κ3) is 3.39. The zero-order valence-electron chi connectivity index (χ0n) is 11.1. The Kier molecular flexibility index (Phi) is 4.02.